The van der Waals surface area contributed by atoms with Crippen LogP contribution in [0.5, 0.6) is 0 Å². The van der Waals surface area contributed by atoms with Crippen LogP contribution in [0.25, 0.3) is 0 Å². The molecule has 148 valence electrons. The summed E-state index contributed by atoms with van der Waals surface area (Å²) in [6, 6.07) is -1.47. The van der Waals surface area contributed by atoms with Gasteiger partial charge in [0.25, 0.3) is 10.1 Å². The topological polar surface area (TPSA) is 165 Å². The molecule has 10 heteroatoms. The van der Waals surface area contributed by atoms with E-state index in [4.69, 9.17) is 16.1 Å². The van der Waals surface area contributed by atoms with Crippen molar-refractivity contribution >= 4 is 21.7 Å². The quantitative estimate of drug-likeness (QED) is 0.0817. The molecule has 0 heterocycles. The summed E-state index contributed by atoms with van der Waals surface area (Å²) < 4.78 is 30.2. The van der Waals surface area contributed by atoms with E-state index in [0.717, 1.165) is 6.42 Å². The SMILES string of the molecule is CC(C)C[C@H](NN)C(=O)C(=O)[C@H](CCCCN)NCCCS(=O)(=O)O. The third kappa shape index (κ3) is 11.3. The Hall–Kier alpha value is -0.910. The first kappa shape index (κ1) is 24.1. The van der Waals surface area contributed by atoms with Gasteiger partial charge in [0.2, 0.25) is 11.6 Å². The number of ketones is 2. The molecular formula is C15H32N4O5S. The number of rotatable bonds is 15. The lowest BCUT2D eigenvalue weighted by molar-refractivity contribution is -0.139. The van der Waals surface area contributed by atoms with Gasteiger partial charge in [-0.25, -0.2) is 5.43 Å². The first-order valence-electron chi connectivity index (χ1n) is 8.55. The molecule has 9 nitrogen and oxygen atoms in total. The van der Waals surface area contributed by atoms with Gasteiger partial charge in [0.1, 0.15) is 0 Å². The number of Topliss-reactive ketones (excluding diaryl/α,β-unsaturated/α-hetero) is 2. The Bertz CT molecular complexity index is 510. The van der Waals surface area contributed by atoms with E-state index in [9.17, 15) is 18.0 Å². The molecule has 0 aliphatic heterocycles. The van der Waals surface area contributed by atoms with Crippen LogP contribution < -0.4 is 22.3 Å². The van der Waals surface area contributed by atoms with Crippen LogP contribution in [0.15, 0.2) is 0 Å². The fourth-order valence-electron chi connectivity index (χ4n) is 2.42. The summed E-state index contributed by atoms with van der Waals surface area (Å²) in [5.74, 6) is 4.02. The smallest absolute Gasteiger partial charge is 0.264 e. The molecule has 0 aromatic carbocycles. The summed E-state index contributed by atoms with van der Waals surface area (Å²) in [7, 11) is -4.05. The second-order valence-electron chi connectivity index (χ2n) is 6.51. The molecule has 0 bridgehead atoms. The highest BCUT2D eigenvalue weighted by molar-refractivity contribution is 7.85. The van der Waals surface area contributed by atoms with Gasteiger partial charge in [-0.2, -0.15) is 8.42 Å². The van der Waals surface area contributed by atoms with E-state index in [1.807, 2.05) is 13.8 Å². The Morgan fingerprint density at radius 3 is 2.16 bits per heavy atom. The molecule has 0 amide bonds. The molecule has 0 aliphatic rings. The largest absolute Gasteiger partial charge is 0.330 e. The van der Waals surface area contributed by atoms with Gasteiger partial charge in [0.05, 0.1) is 17.8 Å². The molecule has 0 aromatic heterocycles. The van der Waals surface area contributed by atoms with E-state index in [2.05, 4.69) is 10.7 Å². The predicted molar refractivity (Wildman–Crippen MR) is 96.3 cm³/mol. The van der Waals surface area contributed by atoms with Crippen LogP contribution >= 0.6 is 0 Å². The molecule has 25 heavy (non-hydrogen) atoms. The van der Waals surface area contributed by atoms with Gasteiger partial charge in [-0.1, -0.05) is 20.3 Å². The van der Waals surface area contributed by atoms with Crippen molar-refractivity contribution in [2.75, 3.05) is 18.8 Å². The summed E-state index contributed by atoms with van der Waals surface area (Å²) in [5.41, 5.74) is 7.84. The van der Waals surface area contributed by atoms with Crippen molar-refractivity contribution in [1.82, 2.24) is 10.7 Å². The zero-order valence-corrected chi connectivity index (χ0v) is 15.8. The zero-order chi connectivity index (χ0) is 19.5. The lowest BCUT2D eigenvalue weighted by Crippen LogP contribution is -2.51. The van der Waals surface area contributed by atoms with E-state index in [1.165, 1.54) is 0 Å². The highest BCUT2D eigenvalue weighted by Crippen LogP contribution is 2.09. The van der Waals surface area contributed by atoms with Gasteiger partial charge in [0, 0.05) is 0 Å². The molecule has 0 saturated heterocycles. The fraction of sp³-hybridized carbons (Fsp3) is 0.867. The van der Waals surface area contributed by atoms with Crippen LogP contribution in [-0.4, -0.2) is 55.5 Å². The zero-order valence-electron chi connectivity index (χ0n) is 15.0. The highest BCUT2D eigenvalue weighted by atomic mass is 32.2. The number of hydrogen-bond donors (Lipinski definition) is 5. The normalized spacial score (nSPS) is 14.5. The number of carbonyl (C=O) groups is 2. The second-order valence-corrected chi connectivity index (χ2v) is 8.08. The summed E-state index contributed by atoms with van der Waals surface area (Å²) in [6.07, 6.45) is 2.38. The standard InChI is InChI=1S/C15H32N4O5S/c1-11(2)10-13(19-17)15(21)14(20)12(6-3-4-7-16)18-8-5-9-25(22,23)24/h11-13,18-19H,3-10,16-17H2,1-2H3,(H,22,23,24)/t12-,13-/m0/s1. The third-order valence-corrected chi connectivity index (χ3v) is 4.51. The van der Waals surface area contributed by atoms with Gasteiger partial charge in [-0.05, 0) is 44.7 Å². The molecule has 0 saturated carbocycles. The second kappa shape index (κ2) is 12.4. The maximum atomic E-state index is 12.5. The molecule has 0 rings (SSSR count). The molecular weight excluding hydrogens is 348 g/mol. The number of unbranched alkanes of at least 4 members (excludes halogenated alkanes) is 1. The van der Waals surface area contributed by atoms with Crippen molar-refractivity contribution in [1.29, 1.82) is 0 Å². The van der Waals surface area contributed by atoms with E-state index in [0.29, 0.717) is 25.8 Å². The van der Waals surface area contributed by atoms with E-state index < -0.39 is 39.5 Å². The van der Waals surface area contributed by atoms with Crippen LogP contribution in [-0.2, 0) is 19.7 Å². The predicted octanol–water partition coefficient (Wildman–Crippen LogP) is -0.632. The van der Waals surface area contributed by atoms with Crippen LogP contribution in [0.3, 0.4) is 0 Å². The molecule has 0 aliphatic carbocycles. The Balaban J connectivity index is 4.80. The molecule has 7 N–H and O–H groups in total. The van der Waals surface area contributed by atoms with Gasteiger partial charge in [-0.3, -0.25) is 20.0 Å². The number of carbonyl (C=O) groups excluding carboxylic acids is 2. The lowest BCUT2D eigenvalue weighted by Gasteiger charge is -2.21. The van der Waals surface area contributed by atoms with Crippen molar-refractivity contribution in [2.45, 2.75) is 58.0 Å². The van der Waals surface area contributed by atoms with Crippen LogP contribution in [0, 0.1) is 5.92 Å². The van der Waals surface area contributed by atoms with Gasteiger partial charge in [0.15, 0.2) is 0 Å². The minimum Gasteiger partial charge on any atom is -0.330 e. The number of nitrogens with one attached hydrogen (secondary N) is 2. The number of nitrogens with two attached hydrogens (primary N) is 2. The summed E-state index contributed by atoms with van der Waals surface area (Å²) >= 11 is 0. The van der Waals surface area contributed by atoms with E-state index in [-0.39, 0.29) is 18.9 Å². The maximum Gasteiger partial charge on any atom is 0.264 e. The van der Waals surface area contributed by atoms with Gasteiger partial charge >= 0.3 is 0 Å². The summed E-state index contributed by atoms with van der Waals surface area (Å²) in [5, 5.41) is 2.91. The van der Waals surface area contributed by atoms with Crippen molar-refractivity contribution in [3.8, 4) is 0 Å². The van der Waals surface area contributed by atoms with E-state index in [1.54, 1.807) is 0 Å². The molecule has 0 aromatic rings. The first-order valence-corrected chi connectivity index (χ1v) is 10.2. The van der Waals surface area contributed by atoms with Gasteiger partial charge in [-0.15, -0.1) is 0 Å². The summed E-state index contributed by atoms with van der Waals surface area (Å²) in [6.45, 7) is 4.53. The molecule has 0 unspecified atom stereocenters. The lowest BCUT2D eigenvalue weighted by atomic mass is 9.94. The Kier molecular flexibility index (Phi) is 12.0. The average molecular weight is 381 g/mol. The minimum absolute atomic E-state index is 0.137. The van der Waals surface area contributed by atoms with Crippen molar-refractivity contribution in [3.63, 3.8) is 0 Å². The first-order chi connectivity index (χ1) is 11.6. The van der Waals surface area contributed by atoms with E-state index >= 15 is 0 Å². The highest BCUT2D eigenvalue weighted by Gasteiger charge is 2.30. The summed E-state index contributed by atoms with van der Waals surface area (Å²) in [4.78, 5) is 24.9. The maximum absolute atomic E-state index is 12.5. The number of hydrazine groups is 1. The molecule has 0 fully saturated rings. The van der Waals surface area contributed by atoms with Crippen LogP contribution in [0.4, 0.5) is 0 Å². The van der Waals surface area contributed by atoms with Crippen molar-refractivity contribution in [2.24, 2.45) is 17.5 Å². The Labute approximate surface area is 150 Å². The molecule has 2 atom stereocenters. The number of hydrogen-bond acceptors (Lipinski definition) is 8. The van der Waals surface area contributed by atoms with Crippen LogP contribution in [0.1, 0.15) is 46.0 Å². The van der Waals surface area contributed by atoms with Crippen LogP contribution in [0.2, 0.25) is 0 Å². The van der Waals surface area contributed by atoms with Gasteiger partial charge < -0.3 is 11.1 Å². The monoisotopic (exact) mass is 380 g/mol. The van der Waals surface area contributed by atoms with Crippen molar-refractivity contribution in [3.05, 3.63) is 0 Å². The fourth-order valence-corrected chi connectivity index (χ4v) is 2.92. The third-order valence-electron chi connectivity index (χ3n) is 3.70. The average Bonchev–Trinajstić information content (AvgIpc) is 2.52. The Morgan fingerprint density at radius 2 is 1.68 bits per heavy atom. The molecule has 0 spiro atoms. The Morgan fingerprint density at radius 1 is 1.08 bits per heavy atom. The van der Waals surface area contributed by atoms with Crippen molar-refractivity contribution < 1.29 is 22.6 Å². The molecule has 0 radical (unpaired) electrons. The minimum atomic E-state index is -4.05.